The van der Waals surface area contributed by atoms with E-state index in [1.165, 1.54) is 11.8 Å². The maximum absolute atomic E-state index is 12.4. The van der Waals surface area contributed by atoms with Gasteiger partial charge in [-0.2, -0.15) is 0 Å². The van der Waals surface area contributed by atoms with Crippen molar-refractivity contribution in [2.24, 2.45) is 7.05 Å². The number of Topliss-reactive ketones (excluding diaryl/α,β-unsaturated/α-hetero) is 1. The van der Waals surface area contributed by atoms with E-state index in [0.717, 1.165) is 22.9 Å². The molecule has 0 radical (unpaired) electrons. The van der Waals surface area contributed by atoms with Crippen molar-refractivity contribution < 1.29 is 14.3 Å². The van der Waals surface area contributed by atoms with Crippen molar-refractivity contribution >= 4 is 17.5 Å². The number of thioether (sulfide) groups is 1. The molecule has 7 heteroatoms. The van der Waals surface area contributed by atoms with E-state index in [-0.39, 0.29) is 5.78 Å². The molecule has 3 rings (SSSR count). The van der Waals surface area contributed by atoms with Gasteiger partial charge in [0.1, 0.15) is 11.5 Å². The summed E-state index contributed by atoms with van der Waals surface area (Å²) in [7, 11) is 3.52. The normalized spacial score (nSPS) is 10.6. The lowest BCUT2D eigenvalue weighted by Crippen LogP contribution is -2.04. The van der Waals surface area contributed by atoms with Crippen molar-refractivity contribution in [2.45, 2.75) is 12.1 Å². The zero-order valence-corrected chi connectivity index (χ0v) is 16.3. The van der Waals surface area contributed by atoms with Gasteiger partial charge < -0.3 is 14.0 Å². The fraction of sp³-hybridized carbons (Fsp3) is 0.250. The molecule has 1 aromatic heterocycles. The van der Waals surface area contributed by atoms with E-state index in [4.69, 9.17) is 9.47 Å². The first-order valence-corrected chi connectivity index (χ1v) is 9.53. The van der Waals surface area contributed by atoms with Crippen molar-refractivity contribution in [1.82, 2.24) is 14.8 Å². The number of benzene rings is 2. The van der Waals surface area contributed by atoms with E-state index in [9.17, 15) is 4.79 Å². The number of nitrogens with zero attached hydrogens (tertiary/aromatic N) is 3. The average Bonchev–Trinajstić information content (AvgIpc) is 3.07. The summed E-state index contributed by atoms with van der Waals surface area (Å²) in [6.45, 7) is 2.53. The first-order valence-electron chi connectivity index (χ1n) is 8.55. The molecule has 0 spiro atoms. The van der Waals surface area contributed by atoms with Crippen molar-refractivity contribution in [2.75, 3.05) is 19.5 Å². The van der Waals surface area contributed by atoms with Gasteiger partial charge in [-0.3, -0.25) is 4.79 Å². The molecule has 0 saturated heterocycles. The van der Waals surface area contributed by atoms with Crippen LogP contribution in [-0.4, -0.2) is 40.0 Å². The maximum Gasteiger partial charge on any atom is 0.191 e. The summed E-state index contributed by atoms with van der Waals surface area (Å²) in [5, 5.41) is 9.15. The summed E-state index contributed by atoms with van der Waals surface area (Å²) >= 11 is 1.37. The number of rotatable bonds is 8. The predicted molar refractivity (Wildman–Crippen MR) is 106 cm³/mol. The number of hydrogen-bond acceptors (Lipinski definition) is 6. The van der Waals surface area contributed by atoms with E-state index >= 15 is 0 Å². The fourth-order valence-electron chi connectivity index (χ4n) is 2.55. The standard InChI is InChI=1S/C20H21N3O3S/c1-4-26-17-11-5-14(6-12-17)18(24)13-27-20-22-21-19(23(20)2)15-7-9-16(25-3)10-8-15/h5-12H,4,13H2,1-3H3. The van der Waals surface area contributed by atoms with Crippen molar-refractivity contribution in [3.05, 3.63) is 54.1 Å². The van der Waals surface area contributed by atoms with Gasteiger partial charge >= 0.3 is 0 Å². The topological polar surface area (TPSA) is 66.2 Å². The van der Waals surface area contributed by atoms with Crippen LogP contribution in [0.5, 0.6) is 11.5 Å². The van der Waals surface area contributed by atoms with Crippen LogP contribution >= 0.6 is 11.8 Å². The van der Waals surface area contributed by atoms with Gasteiger partial charge in [0.05, 0.1) is 19.5 Å². The minimum Gasteiger partial charge on any atom is -0.497 e. The van der Waals surface area contributed by atoms with E-state index in [2.05, 4.69) is 10.2 Å². The third kappa shape index (κ3) is 4.49. The Morgan fingerprint density at radius 2 is 1.70 bits per heavy atom. The number of carbonyl (C=O) groups excluding carboxylic acids is 1. The number of ketones is 1. The molecule has 6 nitrogen and oxygen atoms in total. The van der Waals surface area contributed by atoms with Gasteiger partial charge in [-0.05, 0) is 55.5 Å². The highest BCUT2D eigenvalue weighted by atomic mass is 32.2. The van der Waals surface area contributed by atoms with Crippen LogP contribution in [0.4, 0.5) is 0 Å². The van der Waals surface area contributed by atoms with Crippen molar-refractivity contribution in [3.63, 3.8) is 0 Å². The molecular weight excluding hydrogens is 362 g/mol. The second-order valence-corrected chi connectivity index (χ2v) is 6.71. The molecule has 0 N–H and O–H groups in total. The highest BCUT2D eigenvalue weighted by Crippen LogP contribution is 2.25. The van der Waals surface area contributed by atoms with E-state index in [1.807, 2.05) is 54.9 Å². The summed E-state index contributed by atoms with van der Waals surface area (Å²) in [6, 6.07) is 14.8. The van der Waals surface area contributed by atoms with Crippen molar-refractivity contribution in [1.29, 1.82) is 0 Å². The molecule has 0 bridgehead atoms. The molecule has 140 valence electrons. The van der Waals surface area contributed by atoms with Gasteiger partial charge in [0.25, 0.3) is 0 Å². The molecule has 0 unspecified atom stereocenters. The molecule has 0 aliphatic carbocycles. The van der Waals surface area contributed by atoms with Crippen LogP contribution in [0.1, 0.15) is 17.3 Å². The third-order valence-electron chi connectivity index (χ3n) is 4.00. The molecule has 2 aromatic carbocycles. The minimum atomic E-state index is 0.0389. The molecule has 0 atom stereocenters. The molecule has 1 heterocycles. The quantitative estimate of drug-likeness (QED) is 0.435. The Morgan fingerprint density at radius 1 is 1.04 bits per heavy atom. The number of hydrogen-bond donors (Lipinski definition) is 0. The second kappa shape index (κ2) is 8.73. The number of ether oxygens (including phenoxy) is 2. The van der Waals surface area contributed by atoms with Crippen LogP contribution in [0.3, 0.4) is 0 Å². The molecule has 0 aliphatic rings. The molecule has 0 fully saturated rings. The minimum absolute atomic E-state index is 0.0389. The SMILES string of the molecule is CCOc1ccc(C(=O)CSc2nnc(-c3ccc(OC)cc3)n2C)cc1. The Balaban J connectivity index is 1.65. The van der Waals surface area contributed by atoms with Gasteiger partial charge in [0, 0.05) is 18.2 Å². The molecule has 0 aliphatic heterocycles. The summed E-state index contributed by atoms with van der Waals surface area (Å²) < 4.78 is 12.5. The Morgan fingerprint density at radius 3 is 2.33 bits per heavy atom. The van der Waals surface area contributed by atoms with E-state index < -0.39 is 0 Å². The Hall–Kier alpha value is -2.80. The zero-order chi connectivity index (χ0) is 19.2. The lowest BCUT2D eigenvalue weighted by molar-refractivity contribution is 0.102. The number of methoxy groups -OCH3 is 1. The summed E-state index contributed by atoms with van der Waals surface area (Å²) in [6.07, 6.45) is 0. The van der Waals surface area contributed by atoms with Crippen molar-refractivity contribution in [3.8, 4) is 22.9 Å². The van der Waals surface area contributed by atoms with Crippen LogP contribution in [-0.2, 0) is 7.05 Å². The molecule has 0 amide bonds. The van der Waals surface area contributed by atoms with Crippen LogP contribution in [0, 0.1) is 0 Å². The molecule has 27 heavy (non-hydrogen) atoms. The van der Waals surface area contributed by atoms with Crippen LogP contribution in [0.25, 0.3) is 11.4 Å². The summed E-state index contributed by atoms with van der Waals surface area (Å²) in [5.41, 5.74) is 1.60. The highest BCUT2D eigenvalue weighted by molar-refractivity contribution is 7.99. The van der Waals surface area contributed by atoms with Gasteiger partial charge in [-0.1, -0.05) is 11.8 Å². The second-order valence-electron chi connectivity index (χ2n) is 5.76. The van der Waals surface area contributed by atoms with E-state index in [1.54, 1.807) is 19.2 Å². The Bertz CT molecular complexity index is 905. The third-order valence-corrected chi connectivity index (χ3v) is 5.02. The van der Waals surface area contributed by atoms with Gasteiger partial charge in [-0.15, -0.1) is 10.2 Å². The first kappa shape index (κ1) is 19.0. The Kier molecular flexibility index (Phi) is 6.13. The number of aromatic nitrogens is 3. The van der Waals surface area contributed by atoms with Gasteiger partial charge in [0.15, 0.2) is 16.8 Å². The summed E-state index contributed by atoms with van der Waals surface area (Å²) in [5.74, 6) is 2.63. The molecule has 3 aromatic rings. The first-order chi connectivity index (χ1) is 13.1. The predicted octanol–water partition coefficient (Wildman–Crippen LogP) is 3.86. The number of carbonyl (C=O) groups is 1. The zero-order valence-electron chi connectivity index (χ0n) is 15.5. The lowest BCUT2D eigenvalue weighted by Gasteiger charge is -2.06. The highest BCUT2D eigenvalue weighted by Gasteiger charge is 2.14. The smallest absolute Gasteiger partial charge is 0.191 e. The fourth-order valence-corrected chi connectivity index (χ4v) is 3.35. The largest absolute Gasteiger partial charge is 0.497 e. The average molecular weight is 383 g/mol. The van der Waals surface area contributed by atoms with Crippen LogP contribution in [0.2, 0.25) is 0 Å². The van der Waals surface area contributed by atoms with Crippen LogP contribution in [0.15, 0.2) is 53.7 Å². The van der Waals surface area contributed by atoms with Gasteiger partial charge in [0.2, 0.25) is 0 Å². The van der Waals surface area contributed by atoms with Crippen LogP contribution < -0.4 is 9.47 Å². The van der Waals surface area contributed by atoms with E-state index in [0.29, 0.717) is 23.1 Å². The Labute approximate surface area is 162 Å². The maximum atomic E-state index is 12.4. The molecule has 0 saturated carbocycles. The van der Waals surface area contributed by atoms with Gasteiger partial charge in [-0.25, -0.2) is 0 Å². The lowest BCUT2D eigenvalue weighted by atomic mass is 10.1. The molecular formula is C20H21N3O3S. The summed E-state index contributed by atoms with van der Waals surface area (Å²) in [4.78, 5) is 12.4. The monoisotopic (exact) mass is 383 g/mol.